The normalized spacial score (nSPS) is 18.1. The van der Waals surface area contributed by atoms with Crippen LogP contribution in [0, 0.1) is 6.92 Å². The molecule has 1 aliphatic heterocycles. The van der Waals surface area contributed by atoms with Crippen LogP contribution in [0.1, 0.15) is 30.0 Å². The van der Waals surface area contributed by atoms with Crippen LogP contribution in [0.2, 0.25) is 0 Å². The highest BCUT2D eigenvalue weighted by atomic mass is 15.2. The van der Waals surface area contributed by atoms with Crippen LogP contribution >= 0.6 is 0 Å². The molecule has 0 unspecified atom stereocenters. The molecule has 0 bridgehead atoms. The van der Waals surface area contributed by atoms with Crippen LogP contribution < -0.4 is 5.32 Å². The Morgan fingerprint density at radius 2 is 2.12 bits per heavy atom. The number of aromatic nitrogens is 2. The van der Waals surface area contributed by atoms with Crippen LogP contribution in [0.4, 0.5) is 0 Å². The smallest absolute Gasteiger partial charge is 0.0667 e. The molecule has 0 spiro atoms. The number of pyridine rings is 1. The number of rotatable bonds is 1. The van der Waals surface area contributed by atoms with E-state index < -0.39 is 0 Å². The quantitative estimate of drug-likeness (QED) is 0.789. The van der Waals surface area contributed by atoms with E-state index >= 15 is 0 Å². The first-order valence-corrected chi connectivity index (χ1v) is 5.99. The number of hydrogen-bond acceptors (Lipinski definition) is 2. The largest absolute Gasteiger partial charge is 0.317 e. The Morgan fingerprint density at radius 1 is 1.31 bits per heavy atom. The van der Waals surface area contributed by atoms with Gasteiger partial charge in [0, 0.05) is 12.1 Å². The molecule has 0 atom stereocenters. The molecule has 3 heteroatoms. The second-order valence-electron chi connectivity index (χ2n) is 4.67. The maximum atomic E-state index is 4.67. The molecular formula is C13H17N3. The molecule has 84 valence electrons. The van der Waals surface area contributed by atoms with Crippen molar-refractivity contribution >= 4 is 5.52 Å². The van der Waals surface area contributed by atoms with E-state index in [1.54, 1.807) is 0 Å². The molecule has 1 saturated heterocycles. The number of nitrogens with zero attached hydrogens (tertiary/aromatic N) is 2. The van der Waals surface area contributed by atoms with Gasteiger partial charge < -0.3 is 5.32 Å². The maximum absolute atomic E-state index is 4.67. The number of piperidine rings is 1. The highest BCUT2D eigenvalue weighted by Crippen LogP contribution is 2.25. The molecule has 0 amide bonds. The number of fused-ring (bicyclic) bond motifs is 1. The molecule has 3 nitrogen and oxygen atoms in total. The van der Waals surface area contributed by atoms with E-state index in [1.165, 1.54) is 29.6 Å². The van der Waals surface area contributed by atoms with E-state index in [0.717, 1.165) is 13.1 Å². The molecule has 1 aliphatic rings. The van der Waals surface area contributed by atoms with Crippen molar-refractivity contribution in [1.29, 1.82) is 0 Å². The molecule has 3 rings (SSSR count). The van der Waals surface area contributed by atoms with Crippen LogP contribution in [-0.2, 0) is 0 Å². The van der Waals surface area contributed by atoms with E-state index in [4.69, 9.17) is 0 Å². The van der Waals surface area contributed by atoms with Gasteiger partial charge >= 0.3 is 0 Å². The Hall–Kier alpha value is -1.35. The fourth-order valence-corrected chi connectivity index (χ4v) is 2.44. The Morgan fingerprint density at radius 3 is 2.94 bits per heavy atom. The van der Waals surface area contributed by atoms with Gasteiger partial charge in [-0.1, -0.05) is 0 Å². The van der Waals surface area contributed by atoms with Gasteiger partial charge in [-0.25, -0.2) is 4.52 Å². The van der Waals surface area contributed by atoms with Gasteiger partial charge in [0.2, 0.25) is 0 Å². The summed E-state index contributed by atoms with van der Waals surface area (Å²) in [6.45, 7) is 4.37. The lowest BCUT2D eigenvalue weighted by atomic mass is 9.95. The second-order valence-corrected chi connectivity index (χ2v) is 4.67. The van der Waals surface area contributed by atoms with Crippen molar-refractivity contribution in [2.24, 2.45) is 0 Å². The van der Waals surface area contributed by atoms with Crippen molar-refractivity contribution in [1.82, 2.24) is 14.9 Å². The van der Waals surface area contributed by atoms with Gasteiger partial charge in [-0.15, -0.1) is 0 Å². The van der Waals surface area contributed by atoms with Crippen molar-refractivity contribution in [2.75, 3.05) is 13.1 Å². The van der Waals surface area contributed by atoms with Crippen LogP contribution in [0.25, 0.3) is 5.52 Å². The van der Waals surface area contributed by atoms with Crippen LogP contribution in [0.5, 0.6) is 0 Å². The van der Waals surface area contributed by atoms with Gasteiger partial charge in [0.25, 0.3) is 0 Å². The average Bonchev–Trinajstić information content (AvgIpc) is 2.73. The second kappa shape index (κ2) is 3.91. The molecule has 1 fully saturated rings. The van der Waals surface area contributed by atoms with Crippen molar-refractivity contribution in [3.63, 3.8) is 0 Å². The maximum Gasteiger partial charge on any atom is 0.0667 e. The number of hydrogen-bond donors (Lipinski definition) is 1. The Labute approximate surface area is 95.5 Å². The van der Waals surface area contributed by atoms with Crippen molar-refractivity contribution < 1.29 is 0 Å². The van der Waals surface area contributed by atoms with Gasteiger partial charge in [-0.2, -0.15) is 5.10 Å². The molecule has 0 radical (unpaired) electrons. The SMILES string of the molecule is Cc1ccn2nc(C3CCNCC3)cc2c1. The van der Waals surface area contributed by atoms with Crippen LogP contribution in [-0.4, -0.2) is 22.7 Å². The summed E-state index contributed by atoms with van der Waals surface area (Å²) >= 11 is 0. The zero-order chi connectivity index (χ0) is 11.0. The molecule has 0 saturated carbocycles. The summed E-state index contributed by atoms with van der Waals surface area (Å²) in [7, 11) is 0. The Balaban J connectivity index is 1.97. The van der Waals surface area contributed by atoms with Gasteiger partial charge in [0.1, 0.15) is 0 Å². The van der Waals surface area contributed by atoms with E-state index in [9.17, 15) is 0 Å². The third-order valence-electron chi connectivity index (χ3n) is 3.40. The van der Waals surface area contributed by atoms with Crippen molar-refractivity contribution in [3.05, 3.63) is 35.7 Å². The predicted octanol–water partition coefficient (Wildman–Crippen LogP) is 2.11. The summed E-state index contributed by atoms with van der Waals surface area (Å²) in [6, 6.07) is 6.53. The van der Waals surface area contributed by atoms with Gasteiger partial charge in [0.05, 0.1) is 11.2 Å². The zero-order valence-corrected chi connectivity index (χ0v) is 9.61. The van der Waals surface area contributed by atoms with Gasteiger partial charge in [-0.3, -0.25) is 0 Å². The minimum absolute atomic E-state index is 0.640. The molecule has 1 N–H and O–H groups in total. The fourth-order valence-electron chi connectivity index (χ4n) is 2.44. The minimum Gasteiger partial charge on any atom is -0.317 e. The summed E-state index contributed by atoms with van der Waals surface area (Å²) < 4.78 is 1.99. The lowest BCUT2D eigenvalue weighted by Gasteiger charge is -2.20. The van der Waals surface area contributed by atoms with E-state index in [0.29, 0.717) is 5.92 Å². The summed E-state index contributed by atoms with van der Waals surface area (Å²) in [5, 5.41) is 8.06. The third kappa shape index (κ3) is 1.71. The Kier molecular flexibility index (Phi) is 2.40. The van der Waals surface area contributed by atoms with Crippen LogP contribution in [0.3, 0.4) is 0 Å². The van der Waals surface area contributed by atoms with Gasteiger partial charge in [0.15, 0.2) is 0 Å². The third-order valence-corrected chi connectivity index (χ3v) is 3.40. The fraction of sp³-hybridized carbons (Fsp3) is 0.462. The highest BCUT2D eigenvalue weighted by Gasteiger charge is 2.17. The monoisotopic (exact) mass is 215 g/mol. The van der Waals surface area contributed by atoms with E-state index in [2.05, 4.69) is 41.7 Å². The first-order valence-electron chi connectivity index (χ1n) is 5.99. The first kappa shape index (κ1) is 9.85. The first-order chi connectivity index (χ1) is 7.83. The molecular weight excluding hydrogens is 198 g/mol. The summed E-state index contributed by atoms with van der Waals surface area (Å²) in [4.78, 5) is 0. The number of nitrogens with one attached hydrogen (secondary N) is 1. The average molecular weight is 215 g/mol. The minimum atomic E-state index is 0.640. The number of aryl methyl sites for hydroxylation is 1. The van der Waals surface area contributed by atoms with Crippen molar-refractivity contribution in [2.45, 2.75) is 25.7 Å². The lowest BCUT2D eigenvalue weighted by molar-refractivity contribution is 0.452. The van der Waals surface area contributed by atoms with Crippen molar-refractivity contribution in [3.8, 4) is 0 Å². The summed E-state index contributed by atoms with van der Waals surface area (Å²) in [5.74, 6) is 0.640. The molecule has 2 aromatic rings. The van der Waals surface area contributed by atoms with E-state index in [1.807, 2.05) is 4.52 Å². The lowest BCUT2D eigenvalue weighted by Crippen LogP contribution is -2.26. The molecule has 0 aliphatic carbocycles. The van der Waals surface area contributed by atoms with Crippen LogP contribution in [0.15, 0.2) is 24.4 Å². The summed E-state index contributed by atoms with van der Waals surface area (Å²) in [5.41, 5.74) is 3.77. The topological polar surface area (TPSA) is 29.3 Å². The highest BCUT2D eigenvalue weighted by molar-refractivity contribution is 5.49. The molecule has 2 aromatic heterocycles. The van der Waals surface area contributed by atoms with Gasteiger partial charge in [-0.05, 0) is 56.6 Å². The zero-order valence-electron chi connectivity index (χ0n) is 9.61. The molecule has 16 heavy (non-hydrogen) atoms. The molecule has 3 heterocycles. The van der Waals surface area contributed by atoms with E-state index in [-0.39, 0.29) is 0 Å². The Bertz CT molecular complexity index is 495. The summed E-state index contributed by atoms with van der Waals surface area (Å²) in [6.07, 6.45) is 4.47. The molecule has 0 aromatic carbocycles. The standard InChI is InChI=1S/C13H17N3/c1-10-4-7-16-12(8-10)9-13(15-16)11-2-5-14-6-3-11/h4,7-9,11,14H,2-3,5-6H2,1H3. The predicted molar refractivity (Wildman–Crippen MR) is 64.8 cm³/mol.